The molecular weight excluding hydrogens is 344 g/mol. The highest BCUT2D eigenvalue weighted by atomic mass is 32.1. The van der Waals surface area contributed by atoms with E-state index in [1.807, 2.05) is 60.4 Å². The molecule has 1 saturated heterocycles. The third-order valence-corrected chi connectivity index (χ3v) is 5.58. The molecule has 0 aliphatic carbocycles. The van der Waals surface area contributed by atoms with E-state index in [0.29, 0.717) is 18.8 Å². The molecule has 1 amide bonds. The first kappa shape index (κ1) is 16.7. The predicted octanol–water partition coefficient (Wildman–Crippen LogP) is 3.48. The van der Waals surface area contributed by atoms with Crippen molar-refractivity contribution in [3.8, 4) is 10.6 Å². The molecule has 0 radical (unpaired) electrons. The van der Waals surface area contributed by atoms with Crippen LogP contribution in [0.3, 0.4) is 0 Å². The van der Waals surface area contributed by atoms with Gasteiger partial charge in [0.05, 0.1) is 0 Å². The van der Waals surface area contributed by atoms with Crippen molar-refractivity contribution in [2.24, 2.45) is 0 Å². The molecule has 3 aromatic rings. The molecule has 0 N–H and O–H groups in total. The minimum atomic E-state index is 0.0293. The number of amides is 1. The van der Waals surface area contributed by atoms with Crippen LogP contribution in [0.4, 0.5) is 5.82 Å². The molecule has 1 aromatic carbocycles. The zero-order chi connectivity index (χ0) is 17.9. The Kier molecular flexibility index (Phi) is 4.67. The number of aromatic nitrogens is 2. The summed E-state index contributed by atoms with van der Waals surface area (Å²) in [4.78, 5) is 27.1. The highest BCUT2D eigenvalue weighted by Gasteiger charge is 2.26. The van der Waals surface area contributed by atoms with Gasteiger partial charge in [0.1, 0.15) is 16.5 Å². The number of thiazole rings is 1. The molecule has 1 aliphatic heterocycles. The first-order valence-corrected chi connectivity index (χ1v) is 9.52. The second-order valence-electron chi connectivity index (χ2n) is 6.26. The number of carbonyl (C=O) groups excluding carboxylic acids is 1. The highest BCUT2D eigenvalue weighted by Crippen LogP contribution is 2.28. The lowest BCUT2D eigenvalue weighted by Gasteiger charge is -2.35. The topological polar surface area (TPSA) is 49.3 Å². The molecule has 0 saturated carbocycles. The van der Waals surface area contributed by atoms with Gasteiger partial charge in [0.2, 0.25) is 0 Å². The van der Waals surface area contributed by atoms with Crippen LogP contribution in [0.5, 0.6) is 0 Å². The fourth-order valence-corrected chi connectivity index (χ4v) is 4.04. The second-order valence-corrected chi connectivity index (χ2v) is 7.46. The van der Waals surface area contributed by atoms with Crippen LogP contribution in [0.25, 0.3) is 10.6 Å². The van der Waals surface area contributed by atoms with E-state index >= 15 is 0 Å². The summed E-state index contributed by atoms with van der Waals surface area (Å²) in [5.41, 5.74) is 1.64. The van der Waals surface area contributed by atoms with Crippen LogP contribution in [-0.4, -0.2) is 47.0 Å². The fourth-order valence-electron chi connectivity index (χ4n) is 3.13. The average Bonchev–Trinajstić information content (AvgIpc) is 3.10. The smallest absolute Gasteiger partial charge is 0.273 e. The van der Waals surface area contributed by atoms with Crippen molar-refractivity contribution >= 4 is 23.1 Å². The molecular formula is C20H20N4OS. The number of nitrogens with zero attached hydrogens (tertiary/aromatic N) is 4. The third-order valence-electron chi connectivity index (χ3n) is 4.56. The summed E-state index contributed by atoms with van der Waals surface area (Å²) in [5, 5.41) is 0.901. The van der Waals surface area contributed by atoms with Crippen molar-refractivity contribution < 1.29 is 4.79 Å². The second kappa shape index (κ2) is 7.25. The maximum Gasteiger partial charge on any atom is 0.273 e. The standard InChI is InChI=1S/C20H20N4OS/c1-15-18(22-19(26-15)16-7-3-2-4-8-16)20(25)24-13-11-23(12-14-24)17-9-5-6-10-21-17/h2-10H,11-14H2,1H3. The van der Waals surface area contributed by atoms with Crippen molar-refractivity contribution in [2.75, 3.05) is 31.1 Å². The summed E-state index contributed by atoms with van der Waals surface area (Å²) >= 11 is 1.58. The predicted molar refractivity (Wildman–Crippen MR) is 105 cm³/mol. The summed E-state index contributed by atoms with van der Waals surface area (Å²) in [6, 6.07) is 15.9. The SMILES string of the molecule is Cc1sc(-c2ccccc2)nc1C(=O)N1CCN(c2ccccn2)CC1. The molecule has 6 heteroatoms. The van der Waals surface area contributed by atoms with Gasteiger partial charge in [0, 0.05) is 42.8 Å². The van der Waals surface area contributed by atoms with E-state index in [1.165, 1.54) is 0 Å². The van der Waals surface area contributed by atoms with Gasteiger partial charge in [-0.25, -0.2) is 9.97 Å². The van der Waals surface area contributed by atoms with E-state index in [0.717, 1.165) is 34.4 Å². The van der Waals surface area contributed by atoms with Crippen molar-refractivity contribution in [1.82, 2.24) is 14.9 Å². The zero-order valence-corrected chi connectivity index (χ0v) is 15.4. The minimum Gasteiger partial charge on any atom is -0.353 e. The summed E-state index contributed by atoms with van der Waals surface area (Å²) in [7, 11) is 0. The molecule has 0 bridgehead atoms. The number of hydrogen-bond donors (Lipinski definition) is 0. The lowest BCUT2D eigenvalue weighted by molar-refractivity contribution is 0.0741. The Morgan fingerprint density at radius 2 is 1.73 bits per heavy atom. The van der Waals surface area contributed by atoms with Crippen LogP contribution in [0.1, 0.15) is 15.4 Å². The molecule has 0 atom stereocenters. The monoisotopic (exact) mass is 364 g/mol. The van der Waals surface area contributed by atoms with Gasteiger partial charge in [-0.1, -0.05) is 36.4 Å². The molecule has 4 rings (SSSR count). The van der Waals surface area contributed by atoms with E-state index in [-0.39, 0.29) is 5.91 Å². The van der Waals surface area contributed by atoms with Crippen molar-refractivity contribution in [3.05, 3.63) is 65.3 Å². The van der Waals surface area contributed by atoms with Crippen molar-refractivity contribution in [2.45, 2.75) is 6.92 Å². The Morgan fingerprint density at radius 3 is 2.42 bits per heavy atom. The average molecular weight is 364 g/mol. The van der Waals surface area contributed by atoms with Gasteiger partial charge < -0.3 is 9.80 Å². The van der Waals surface area contributed by atoms with Gasteiger partial charge >= 0.3 is 0 Å². The summed E-state index contributed by atoms with van der Waals surface area (Å²) in [6.07, 6.45) is 1.80. The molecule has 5 nitrogen and oxygen atoms in total. The Bertz CT molecular complexity index is 887. The number of rotatable bonds is 3. The first-order chi connectivity index (χ1) is 12.7. The Morgan fingerprint density at radius 1 is 1.00 bits per heavy atom. The molecule has 1 fully saturated rings. The van der Waals surface area contributed by atoms with Gasteiger partial charge in [-0.3, -0.25) is 4.79 Å². The normalized spacial score (nSPS) is 14.5. The Hall–Kier alpha value is -2.73. The summed E-state index contributed by atoms with van der Waals surface area (Å²) in [5.74, 6) is 0.998. The number of anilines is 1. The number of carbonyl (C=O) groups is 1. The van der Waals surface area contributed by atoms with E-state index in [4.69, 9.17) is 0 Å². The number of benzene rings is 1. The maximum absolute atomic E-state index is 12.9. The largest absolute Gasteiger partial charge is 0.353 e. The quantitative estimate of drug-likeness (QED) is 0.714. The minimum absolute atomic E-state index is 0.0293. The summed E-state index contributed by atoms with van der Waals surface area (Å²) < 4.78 is 0. The lowest BCUT2D eigenvalue weighted by atomic mass is 10.2. The van der Waals surface area contributed by atoms with E-state index in [1.54, 1.807) is 17.5 Å². The Balaban J connectivity index is 1.47. The Labute approximate surface area is 156 Å². The van der Waals surface area contributed by atoms with Gasteiger partial charge in [-0.15, -0.1) is 11.3 Å². The third kappa shape index (κ3) is 3.32. The maximum atomic E-state index is 12.9. The summed E-state index contributed by atoms with van der Waals surface area (Å²) in [6.45, 7) is 4.93. The van der Waals surface area contributed by atoms with Crippen LogP contribution in [-0.2, 0) is 0 Å². The van der Waals surface area contributed by atoms with Crippen molar-refractivity contribution in [3.63, 3.8) is 0 Å². The highest BCUT2D eigenvalue weighted by molar-refractivity contribution is 7.15. The van der Waals surface area contributed by atoms with Crippen LogP contribution in [0.15, 0.2) is 54.7 Å². The van der Waals surface area contributed by atoms with Crippen molar-refractivity contribution in [1.29, 1.82) is 0 Å². The molecule has 1 aliphatic rings. The molecule has 2 aromatic heterocycles. The van der Waals surface area contributed by atoms with Gasteiger partial charge in [0.15, 0.2) is 0 Å². The zero-order valence-electron chi connectivity index (χ0n) is 14.6. The molecule has 132 valence electrons. The molecule has 26 heavy (non-hydrogen) atoms. The molecule has 0 spiro atoms. The number of aryl methyl sites for hydroxylation is 1. The van der Waals surface area contributed by atoms with E-state index in [9.17, 15) is 4.79 Å². The van der Waals surface area contributed by atoms with Crippen LogP contribution >= 0.6 is 11.3 Å². The fraction of sp³-hybridized carbons (Fsp3) is 0.250. The molecule has 0 unspecified atom stereocenters. The van der Waals surface area contributed by atoms with Gasteiger partial charge in [-0.05, 0) is 19.1 Å². The van der Waals surface area contributed by atoms with Crippen LogP contribution < -0.4 is 4.90 Å². The van der Waals surface area contributed by atoms with E-state index in [2.05, 4.69) is 14.9 Å². The van der Waals surface area contributed by atoms with Crippen LogP contribution in [0.2, 0.25) is 0 Å². The number of piperazine rings is 1. The lowest BCUT2D eigenvalue weighted by Crippen LogP contribution is -2.49. The first-order valence-electron chi connectivity index (χ1n) is 8.70. The number of pyridine rings is 1. The van der Waals surface area contributed by atoms with Crippen LogP contribution in [0, 0.1) is 6.92 Å². The van der Waals surface area contributed by atoms with E-state index < -0.39 is 0 Å². The number of hydrogen-bond acceptors (Lipinski definition) is 5. The van der Waals surface area contributed by atoms with Gasteiger partial charge in [0.25, 0.3) is 5.91 Å². The van der Waals surface area contributed by atoms with Gasteiger partial charge in [-0.2, -0.15) is 0 Å². The molecule has 3 heterocycles.